The zero-order valence-electron chi connectivity index (χ0n) is 13.8. The van der Waals surface area contributed by atoms with E-state index in [0.717, 1.165) is 40.7 Å². The average Bonchev–Trinajstić information content (AvgIpc) is 2.51. The lowest BCUT2D eigenvalue weighted by atomic mass is 9.51. The molecule has 1 unspecified atom stereocenters. The summed E-state index contributed by atoms with van der Waals surface area (Å²) in [6.45, 7) is 1.88. The summed E-state index contributed by atoms with van der Waals surface area (Å²) in [4.78, 5) is 11.0. The topological polar surface area (TPSA) is 64.2 Å². The molecule has 1 atom stereocenters. The van der Waals surface area contributed by atoms with Crippen molar-refractivity contribution in [3.63, 3.8) is 0 Å². The third kappa shape index (κ3) is 3.85. The van der Waals surface area contributed by atoms with E-state index < -0.39 is 5.97 Å². The molecule has 0 amide bonds. The minimum atomic E-state index is -0.603. The first-order valence-electron chi connectivity index (χ1n) is 8.89. The molecule has 4 aliphatic carbocycles. The van der Waals surface area contributed by atoms with E-state index in [4.69, 9.17) is 5.11 Å². The van der Waals surface area contributed by atoms with E-state index in [1.54, 1.807) is 18.2 Å². The van der Waals surface area contributed by atoms with Crippen molar-refractivity contribution in [3.05, 3.63) is 35.8 Å². The quantitative estimate of drug-likeness (QED) is 0.685. The molecule has 4 aliphatic rings. The van der Waals surface area contributed by atoms with Gasteiger partial charge in [0.25, 0.3) is 0 Å². The van der Waals surface area contributed by atoms with Gasteiger partial charge in [0.05, 0.1) is 5.92 Å². The van der Waals surface area contributed by atoms with Crippen molar-refractivity contribution < 1.29 is 14.6 Å². The Hall–Kier alpha value is -1.58. The first-order chi connectivity index (χ1) is 11.0. The number of nitrogens with zero attached hydrogens (tertiary/aromatic N) is 1. The van der Waals surface area contributed by atoms with E-state index in [1.807, 2.05) is 6.92 Å². The number of hydrogen-bond acceptors (Lipinski definition) is 2. The third-order valence-electron chi connectivity index (χ3n) is 6.16. The van der Waals surface area contributed by atoms with E-state index in [2.05, 4.69) is 0 Å². The molecule has 4 bridgehead atoms. The van der Waals surface area contributed by atoms with Crippen molar-refractivity contribution >= 4 is 5.97 Å². The molecule has 1 aromatic heterocycles. The van der Waals surface area contributed by atoms with Gasteiger partial charge in [-0.05, 0) is 68.1 Å². The Balaban J connectivity index is 0.000000188. The van der Waals surface area contributed by atoms with Crippen LogP contribution >= 0.6 is 0 Å². The molecule has 4 fully saturated rings. The highest BCUT2D eigenvalue weighted by Gasteiger charge is 2.48. The van der Waals surface area contributed by atoms with Crippen molar-refractivity contribution in [1.29, 1.82) is 0 Å². The van der Waals surface area contributed by atoms with Gasteiger partial charge < -0.3 is 10.3 Å². The summed E-state index contributed by atoms with van der Waals surface area (Å²) >= 11 is 0. The average molecular weight is 317 g/mol. The van der Waals surface area contributed by atoms with E-state index in [-0.39, 0.29) is 5.92 Å². The summed E-state index contributed by atoms with van der Waals surface area (Å²) in [5.41, 5.74) is 0. The first-order valence-corrected chi connectivity index (χ1v) is 8.89. The van der Waals surface area contributed by atoms with Gasteiger partial charge in [-0.1, -0.05) is 13.0 Å². The Kier molecular flexibility index (Phi) is 4.88. The van der Waals surface area contributed by atoms with Gasteiger partial charge in [0, 0.05) is 12.1 Å². The Morgan fingerprint density at radius 1 is 1.09 bits per heavy atom. The second-order valence-electron chi connectivity index (χ2n) is 7.80. The molecular formula is C19H27NO3. The van der Waals surface area contributed by atoms with E-state index in [9.17, 15) is 10.0 Å². The molecule has 1 N–H and O–H groups in total. The fourth-order valence-corrected chi connectivity index (χ4v) is 5.31. The van der Waals surface area contributed by atoms with Gasteiger partial charge in [-0.15, -0.1) is 0 Å². The second-order valence-corrected chi connectivity index (χ2v) is 7.80. The first kappa shape index (κ1) is 16.3. The fraction of sp³-hybridized carbons (Fsp3) is 0.684. The highest BCUT2D eigenvalue weighted by molar-refractivity contribution is 5.69. The molecule has 0 radical (unpaired) electrons. The summed E-state index contributed by atoms with van der Waals surface area (Å²) in [5.74, 6) is 3.74. The van der Waals surface area contributed by atoms with Gasteiger partial charge in [-0.25, -0.2) is 0 Å². The Bertz CT molecular complexity index is 503. The van der Waals surface area contributed by atoms with Crippen LogP contribution in [0.4, 0.5) is 0 Å². The highest BCUT2D eigenvalue weighted by Crippen LogP contribution is 2.57. The molecule has 1 aromatic rings. The molecule has 4 heteroatoms. The number of hydrogen-bond donors (Lipinski definition) is 1. The summed E-state index contributed by atoms with van der Waals surface area (Å²) in [5, 5.41) is 19.2. The molecule has 0 aliphatic heterocycles. The van der Waals surface area contributed by atoms with Crippen LogP contribution in [0.2, 0.25) is 0 Å². The molecular weight excluding hydrogens is 290 g/mol. The lowest BCUT2D eigenvalue weighted by molar-refractivity contribution is -0.605. The van der Waals surface area contributed by atoms with Crippen LogP contribution in [-0.2, 0) is 4.79 Å². The van der Waals surface area contributed by atoms with Crippen LogP contribution in [0.3, 0.4) is 0 Å². The van der Waals surface area contributed by atoms with Gasteiger partial charge in [-0.3, -0.25) is 4.79 Å². The number of aliphatic carboxylic acids is 1. The molecule has 23 heavy (non-hydrogen) atoms. The fourth-order valence-electron chi connectivity index (χ4n) is 5.31. The summed E-state index contributed by atoms with van der Waals surface area (Å²) < 4.78 is 0.750. The van der Waals surface area contributed by atoms with Crippen molar-refractivity contribution in [2.45, 2.75) is 45.4 Å². The maximum atomic E-state index is 11.0. The minimum Gasteiger partial charge on any atom is -0.619 e. The smallest absolute Gasteiger partial charge is 0.306 e. The van der Waals surface area contributed by atoms with Crippen molar-refractivity contribution in [2.75, 3.05) is 0 Å². The van der Waals surface area contributed by atoms with Crippen LogP contribution in [0.5, 0.6) is 0 Å². The predicted molar refractivity (Wildman–Crippen MR) is 87.4 cm³/mol. The van der Waals surface area contributed by atoms with Crippen LogP contribution in [0.1, 0.15) is 45.4 Å². The largest absolute Gasteiger partial charge is 0.619 e. The van der Waals surface area contributed by atoms with Crippen molar-refractivity contribution in [3.8, 4) is 0 Å². The van der Waals surface area contributed by atoms with Gasteiger partial charge in [-0.2, -0.15) is 4.73 Å². The van der Waals surface area contributed by atoms with Gasteiger partial charge >= 0.3 is 5.97 Å². The zero-order valence-corrected chi connectivity index (χ0v) is 13.8. The van der Waals surface area contributed by atoms with E-state index >= 15 is 0 Å². The summed E-state index contributed by atoms with van der Waals surface area (Å²) in [6.07, 6.45) is 10.9. The monoisotopic (exact) mass is 317 g/mol. The number of aromatic nitrogens is 1. The molecule has 0 spiro atoms. The molecule has 0 saturated heterocycles. The van der Waals surface area contributed by atoms with Gasteiger partial charge in [0.1, 0.15) is 0 Å². The van der Waals surface area contributed by atoms with Crippen LogP contribution in [-0.4, -0.2) is 11.1 Å². The van der Waals surface area contributed by atoms with Crippen LogP contribution in [0.15, 0.2) is 30.6 Å². The molecule has 4 nitrogen and oxygen atoms in total. The standard InChI is InChI=1S/C14H22O2.C5H5NO/c1-8(14(15)16)2-13-11-4-9-3-10(6-11)7-12(13)5-9;7-6-4-2-1-3-5-6/h8-13H,2-7H2,1H3,(H,15,16);1-5H. The second kappa shape index (κ2) is 6.90. The molecule has 4 saturated carbocycles. The van der Waals surface area contributed by atoms with Crippen LogP contribution < -0.4 is 4.73 Å². The summed E-state index contributed by atoms with van der Waals surface area (Å²) in [6, 6.07) is 5.18. The lowest BCUT2D eigenvalue weighted by Gasteiger charge is -2.55. The lowest BCUT2D eigenvalue weighted by Crippen LogP contribution is -2.45. The minimum absolute atomic E-state index is 0.137. The Morgan fingerprint density at radius 2 is 1.61 bits per heavy atom. The highest BCUT2D eigenvalue weighted by atomic mass is 16.5. The predicted octanol–water partition coefficient (Wildman–Crippen LogP) is 3.49. The molecule has 126 valence electrons. The normalized spacial score (nSPS) is 35.3. The SMILES string of the molecule is CC(CC1C2CC3CC(C2)CC1C3)C(=O)O.[O-][n+]1ccccc1. The third-order valence-corrected chi connectivity index (χ3v) is 6.16. The number of carboxylic acid groups (broad SMARTS) is 1. The maximum Gasteiger partial charge on any atom is 0.306 e. The van der Waals surface area contributed by atoms with Crippen molar-refractivity contribution in [2.24, 2.45) is 35.5 Å². The number of carboxylic acids is 1. The summed E-state index contributed by atoms with van der Waals surface area (Å²) in [7, 11) is 0. The van der Waals surface area contributed by atoms with Crippen LogP contribution in [0.25, 0.3) is 0 Å². The number of carbonyl (C=O) groups is 1. The maximum absolute atomic E-state index is 11.0. The molecule has 1 heterocycles. The van der Waals surface area contributed by atoms with Gasteiger partial charge in [0.2, 0.25) is 0 Å². The van der Waals surface area contributed by atoms with Gasteiger partial charge in [0.15, 0.2) is 12.4 Å². The number of pyridine rings is 1. The number of rotatable bonds is 3. The van der Waals surface area contributed by atoms with Crippen molar-refractivity contribution in [1.82, 2.24) is 0 Å². The van der Waals surface area contributed by atoms with Crippen LogP contribution in [0, 0.1) is 40.7 Å². The molecule has 0 aromatic carbocycles. The van der Waals surface area contributed by atoms with E-state index in [1.165, 1.54) is 44.5 Å². The Morgan fingerprint density at radius 3 is 2.00 bits per heavy atom. The molecule has 5 rings (SSSR count). The Labute approximate surface area is 138 Å². The zero-order chi connectivity index (χ0) is 16.4. The van der Waals surface area contributed by atoms with E-state index in [0.29, 0.717) is 0 Å².